The summed E-state index contributed by atoms with van der Waals surface area (Å²) in [5.74, 6) is 0.245. The second-order valence-corrected chi connectivity index (χ2v) is 15.3. The molecule has 0 bridgehead atoms. The van der Waals surface area contributed by atoms with Gasteiger partial charge in [-0.3, -0.25) is 14.6 Å². The van der Waals surface area contributed by atoms with E-state index in [9.17, 15) is 14.0 Å². The second-order valence-electron chi connectivity index (χ2n) is 15.3. The third-order valence-corrected chi connectivity index (χ3v) is 12.1. The number of nitrogens with one attached hydrogen (secondary N) is 1. The van der Waals surface area contributed by atoms with Crippen LogP contribution in [0.3, 0.4) is 0 Å². The summed E-state index contributed by atoms with van der Waals surface area (Å²) in [7, 11) is 0. The zero-order valence-corrected chi connectivity index (χ0v) is 29.4. The smallest absolute Gasteiger partial charge is 0.251 e. The van der Waals surface area contributed by atoms with Crippen LogP contribution in [0.15, 0.2) is 49.1 Å². The van der Waals surface area contributed by atoms with E-state index in [0.717, 1.165) is 60.2 Å². The quantitative estimate of drug-likeness (QED) is 0.253. The molecule has 1 N–H and O–H groups in total. The van der Waals surface area contributed by atoms with Crippen molar-refractivity contribution in [3.63, 3.8) is 0 Å². The normalized spacial score (nSPS) is 24.5. The molecular formula is C39H45FN8O3. The summed E-state index contributed by atoms with van der Waals surface area (Å²) in [6, 6.07) is 10.6. The van der Waals surface area contributed by atoms with Gasteiger partial charge in [-0.2, -0.15) is 0 Å². The summed E-state index contributed by atoms with van der Waals surface area (Å²) < 4.78 is 22.4. The van der Waals surface area contributed by atoms with E-state index >= 15 is 0 Å². The van der Waals surface area contributed by atoms with Crippen LogP contribution in [0, 0.1) is 5.82 Å². The molecule has 11 nitrogen and oxygen atoms in total. The zero-order valence-electron chi connectivity index (χ0n) is 29.4. The molecule has 1 spiro atoms. The third kappa shape index (κ3) is 5.40. The van der Waals surface area contributed by atoms with E-state index in [1.54, 1.807) is 18.6 Å². The van der Waals surface area contributed by atoms with Gasteiger partial charge in [0.25, 0.3) is 5.91 Å². The third-order valence-electron chi connectivity index (χ3n) is 12.1. The van der Waals surface area contributed by atoms with Gasteiger partial charge >= 0.3 is 0 Å². The number of fused-ring (bicyclic) bond motifs is 3. The van der Waals surface area contributed by atoms with E-state index in [4.69, 9.17) is 14.7 Å². The first-order chi connectivity index (χ1) is 24.8. The molecule has 266 valence electrons. The molecule has 4 aliphatic heterocycles. The monoisotopic (exact) mass is 692 g/mol. The summed E-state index contributed by atoms with van der Waals surface area (Å²) in [4.78, 5) is 48.2. The lowest BCUT2D eigenvalue weighted by molar-refractivity contribution is -0.158. The molecular weight excluding hydrogens is 647 g/mol. The Labute approximate surface area is 297 Å². The van der Waals surface area contributed by atoms with E-state index in [1.807, 2.05) is 15.5 Å². The van der Waals surface area contributed by atoms with E-state index in [0.29, 0.717) is 50.1 Å². The first-order valence-corrected chi connectivity index (χ1v) is 18.7. The number of rotatable bonds is 7. The molecule has 51 heavy (non-hydrogen) atoms. The highest BCUT2D eigenvalue weighted by molar-refractivity contribution is 6.09. The molecule has 5 aliphatic rings. The Balaban J connectivity index is 1.09. The van der Waals surface area contributed by atoms with E-state index in [2.05, 4.69) is 52.1 Å². The van der Waals surface area contributed by atoms with Crippen molar-refractivity contribution >= 4 is 40.0 Å². The maximum atomic E-state index is 14.8. The number of carbonyl (C=O) groups is 2. The Hall–Kier alpha value is -4.42. The van der Waals surface area contributed by atoms with Crippen molar-refractivity contribution in [1.82, 2.24) is 29.3 Å². The van der Waals surface area contributed by atoms with Gasteiger partial charge in [0.1, 0.15) is 11.6 Å². The standard InChI is InChI=1S/C39H45FN8O3/c1-24(2)47-23-42-32-21-31(44-36(35(32)47)43-30-8-12-41-22-29(30)40)25-6-7-28-33(18-25)48(27-19-26(20-27)45-13-4-3-5-14-45)38(50)39(28)10-15-46(16-11-39)37(49)34-9-17-51-34/h6-8,12,18,21-24,26-27,34H,3-5,9-11,13-17,19-20H2,1-2H3,(H,41,43,44)/t26-,27+,34?. The molecule has 3 aromatic heterocycles. The second kappa shape index (κ2) is 12.7. The fraction of sp³-hybridized carbons (Fsp3) is 0.513. The summed E-state index contributed by atoms with van der Waals surface area (Å²) >= 11 is 0. The molecule has 3 saturated heterocycles. The van der Waals surface area contributed by atoms with Crippen LogP contribution < -0.4 is 10.2 Å². The van der Waals surface area contributed by atoms with Gasteiger partial charge in [-0.1, -0.05) is 18.6 Å². The van der Waals surface area contributed by atoms with Gasteiger partial charge in [0, 0.05) is 55.1 Å². The maximum absolute atomic E-state index is 14.8. The average Bonchev–Trinajstić information content (AvgIpc) is 3.63. The number of halogens is 1. The molecule has 1 atom stereocenters. The van der Waals surface area contributed by atoms with Crippen LogP contribution in [0.25, 0.3) is 22.3 Å². The van der Waals surface area contributed by atoms with Crippen molar-refractivity contribution < 1.29 is 18.7 Å². The highest BCUT2D eigenvalue weighted by Crippen LogP contribution is 2.52. The Morgan fingerprint density at radius 2 is 1.82 bits per heavy atom. The van der Waals surface area contributed by atoms with Gasteiger partial charge in [0.05, 0.1) is 41.4 Å². The van der Waals surface area contributed by atoms with Crippen molar-refractivity contribution in [2.75, 3.05) is 43.0 Å². The summed E-state index contributed by atoms with van der Waals surface area (Å²) in [6.07, 6.45) is 11.9. The SMILES string of the molecule is CC(C)n1cnc2cc(-c3ccc4c(c3)N([C@H]3C[C@@H](N5CCCCC5)C3)C(=O)C43CCN(C(=O)C4CCO4)CC3)nc(Nc3ccncc3F)c21. The lowest BCUT2D eigenvalue weighted by atomic mass is 9.73. The lowest BCUT2D eigenvalue weighted by Gasteiger charge is -2.48. The number of hydrogen-bond acceptors (Lipinski definition) is 8. The van der Waals surface area contributed by atoms with Crippen molar-refractivity contribution in [1.29, 1.82) is 0 Å². The molecule has 2 amide bonds. The number of likely N-dealkylation sites (tertiary alicyclic amines) is 2. The number of pyridine rings is 2. The van der Waals surface area contributed by atoms with Crippen LogP contribution >= 0.6 is 0 Å². The maximum Gasteiger partial charge on any atom is 0.251 e. The fourth-order valence-electron chi connectivity index (χ4n) is 8.98. The van der Waals surface area contributed by atoms with Crippen molar-refractivity contribution in [3.8, 4) is 11.3 Å². The number of ether oxygens (including phenoxy) is 1. The Morgan fingerprint density at radius 1 is 1.04 bits per heavy atom. The van der Waals surface area contributed by atoms with Gasteiger partial charge in [0.15, 0.2) is 11.6 Å². The molecule has 1 aliphatic carbocycles. The van der Waals surface area contributed by atoms with E-state index in [-0.39, 0.29) is 35.7 Å². The minimum absolute atomic E-state index is 0.0507. The predicted octanol–water partition coefficient (Wildman–Crippen LogP) is 5.97. The van der Waals surface area contributed by atoms with Gasteiger partial charge < -0.3 is 29.3 Å². The van der Waals surface area contributed by atoms with Gasteiger partial charge in [-0.15, -0.1) is 0 Å². The van der Waals surface area contributed by atoms with Crippen LogP contribution in [0.4, 0.5) is 21.6 Å². The number of nitrogens with zero attached hydrogens (tertiary/aromatic N) is 7. The number of carbonyl (C=O) groups excluding carboxylic acids is 2. The number of anilines is 3. The van der Waals surface area contributed by atoms with Crippen molar-refractivity contribution in [2.24, 2.45) is 0 Å². The molecule has 0 radical (unpaired) electrons. The number of piperidine rings is 2. The first-order valence-electron chi connectivity index (χ1n) is 18.7. The Kier molecular flexibility index (Phi) is 8.07. The Bertz CT molecular complexity index is 1990. The number of amides is 2. The largest absolute Gasteiger partial charge is 0.368 e. The molecule has 4 fully saturated rings. The van der Waals surface area contributed by atoms with E-state index in [1.165, 1.54) is 25.5 Å². The lowest BCUT2D eigenvalue weighted by Crippen LogP contribution is -2.59. The van der Waals surface area contributed by atoms with Crippen LogP contribution in [-0.2, 0) is 19.7 Å². The highest BCUT2D eigenvalue weighted by atomic mass is 19.1. The van der Waals surface area contributed by atoms with Crippen molar-refractivity contribution in [2.45, 2.75) is 94.9 Å². The van der Waals surface area contributed by atoms with Crippen LogP contribution in [0.1, 0.15) is 76.8 Å². The molecule has 1 aromatic carbocycles. The first kappa shape index (κ1) is 32.5. The molecule has 12 heteroatoms. The zero-order chi connectivity index (χ0) is 34.9. The summed E-state index contributed by atoms with van der Waals surface area (Å²) in [6.45, 7) is 8.15. The van der Waals surface area contributed by atoms with Crippen molar-refractivity contribution in [3.05, 3.63) is 60.4 Å². The average molecular weight is 693 g/mol. The van der Waals surface area contributed by atoms with E-state index < -0.39 is 11.2 Å². The molecule has 4 aromatic rings. The Morgan fingerprint density at radius 3 is 2.53 bits per heavy atom. The summed E-state index contributed by atoms with van der Waals surface area (Å²) in [5.41, 5.74) is 4.69. The minimum atomic E-state index is -0.666. The minimum Gasteiger partial charge on any atom is -0.368 e. The molecule has 1 unspecified atom stereocenters. The summed E-state index contributed by atoms with van der Waals surface area (Å²) in [5, 5.41) is 3.23. The topological polar surface area (TPSA) is 109 Å². The fourth-order valence-corrected chi connectivity index (χ4v) is 8.98. The number of imidazole rings is 1. The molecule has 7 heterocycles. The predicted molar refractivity (Wildman–Crippen MR) is 192 cm³/mol. The van der Waals surface area contributed by atoms with Gasteiger partial charge in [-0.25, -0.2) is 14.4 Å². The van der Waals surface area contributed by atoms with Gasteiger partial charge in [-0.05, 0) is 89.2 Å². The highest BCUT2D eigenvalue weighted by Gasteiger charge is 2.56. The van der Waals surface area contributed by atoms with Crippen LogP contribution in [0.2, 0.25) is 0 Å². The number of aromatic nitrogens is 4. The van der Waals surface area contributed by atoms with Crippen LogP contribution in [-0.4, -0.2) is 92.1 Å². The number of hydrogen-bond donors (Lipinski definition) is 1. The molecule has 9 rings (SSSR count). The van der Waals surface area contributed by atoms with Gasteiger partial charge in [0.2, 0.25) is 5.91 Å². The molecule has 1 saturated carbocycles. The van der Waals surface area contributed by atoms with Crippen LogP contribution in [0.5, 0.6) is 0 Å². The number of benzene rings is 1.